The van der Waals surface area contributed by atoms with Crippen molar-refractivity contribution in [1.82, 2.24) is 20.2 Å². The molecule has 2 aromatic rings. The van der Waals surface area contributed by atoms with Crippen LogP contribution in [0.1, 0.15) is 16.2 Å². The lowest BCUT2D eigenvalue weighted by Crippen LogP contribution is -2.45. The average molecular weight is 385 g/mol. The Morgan fingerprint density at radius 3 is 2.46 bits per heavy atom. The van der Waals surface area contributed by atoms with Gasteiger partial charge in [0.1, 0.15) is 23.8 Å². The van der Waals surface area contributed by atoms with Gasteiger partial charge in [-0.15, -0.1) is 0 Å². The molecule has 2 heterocycles. The van der Waals surface area contributed by atoms with Crippen LogP contribution in [-0.2, 0) is 0 Å². The highest BCUT2D eigenvalue weighted by Crippen LogP contribution is 2.17. The lowest BCUT2D eigenvalue weighted by atomic mass is 10.3. The molecule has 0 saturated carbocycles. The fourth-order valence-electron chi connectivity index (χ4n) is 2.91. The summed E-state index contributed by atoms with van der Waals surface area (Å²) in [5, 5.41) is 2.85. The van der Waals surface area contributed by atoms with E-state index in [4.69, 9.17) is 9.47 Å². The van der Waals surface area contributed by atoms with E-state index in [1.807, 2.05) is 31.2 Å². The van der Waals surface area contributed by atoms with Crippen molar-refractivity contribution in [2.45, 2.75) is 6.92 Å². The third-order valence-electron chi connectivity index (χ3n) is 4.58. The summed E-state index contributed by atoms with van der Waals surface area (Å²) in [5.41, 5.74) is 1.16. The normalized spacial score (nSPS) is 14.6. The number of rotatable bonds is 7. The summed E-state index contributed by atoms with van der Waals surface area (Å²) < 4.78 is 10.7. The number of anilines is 1. The van der Waals surface area contributed by atoms with Crippen LogP contribution >= 0.6 is 0 Å². The van der Waals surface area contributed by atoms with Crippen LogP contribution in [0.2, 0.25) is 0 Å². The molecular weight excluding hydrogens is 358 g/mol. The van der Waals surface area contributed by atoms with Crippen LogP contribution < -0.4 is 19.7 Å². The topological polar surface area (TPSA) is 79.8 Å². The first kappa shape index (κ1) is 19.9. The molecule has 8 heteroatoms. The third-order valence-corrected chi connectivity index (χ3v) is 4.58. The number of likely N-dealkylation sites (N-methyl/N-ethyl adjacent to an activating group) is 1. The highest BCUT2D eigenvalue weighted by molar-refractivity contribution is 5.92. The average Bonchev–Trinajstić information content (AvgIpc) is 2.71. The molecule has 0 unspecified atom stereocenters. The molecule has 3 rings (SSSR count). The van der Waals surface area contributed by atoms with Gasteiger partial charge in [-0.05, 0) is 44.3 Å². The van der Waals surface area contributed by atoms with Crippen LogP contribution in [-0.4, -0.2) is 74.3 Å². The summed E-state index contributed by atoms with van der Waals surface area (Å²) in [5.74, 6) is 1.90. The second-order valence-electron chi connectivity index (χ2n) is 6.76. The Morgan fingerprint density at radius 2 is 1.79 bits per heavy atom. The van der Waals surface area contributed by atoms with Crippen LogP contribution in [0.25, 0.3) is 0 Å². The van der Waals surface area contributed by atoms with Gasteiger partial charge in [-0.25, -0.2) is 9.97 Å². The number of carbonyl (C=O) groups excluding carboxylic acids is 1. The van der Waals surface area contributed by atoms with Gasteiger partial charge in [0.25, 0.3) is 5.91 Å². The highest BCUT2D eigenvalue weighted by atomic mass is 16.5. The number of amides is 1. The van der Waals surface area contributed by atoms with Gasteiger partial charge in [-0.2, -0.15) is 0 Å². The summed E-state index contributed by atoms with van der Waals surface area (Å²) in [6.07, 6.45) is 0. The maximum atomic E-state index is 12.5. The molecule has 1 aliphatic heterocycles. The minimum atomic E-state index is -0.223. The van der Waals surface area contributed by atoms with Crippen molar-refractivity contribution in [2.24, 2.45) is 0 Å². The van der Waals surface area contributed by atoms with Crippen molar-refractivity contribution in [2.75, 3.05) is 58.4 Å². The standard InChI is InChI=1S/C20H27N5O3/c1-15-14-18(23-20(22-15)25-11-9-24(2)10-12-25)19(26)21-8-13-28-17-6-4-16(27-3)5-7-17/h4-7,14H,8-13H2,1-3H3,(H,21,26). The lowest BCUT2D eigenvalue weighted by molar-refractivity contribution is 0.0941. The molecule has 0 atom stereocenters. The number of aromatic nitrogens is 2. The van der Waals surface area contributed by atoms with Crippen LogP contribution in [0, 0.1) is 6.92 Å². The molecule has 28 heavy (non-hydrogen) atoms. The Bertz CT molecular complexity index is 789. The number of methoxy groups -OCH3 is 1. The number of piperazine rings is 1. The third kappa shape index (κ3) is 5.32. The molecule has 0 radical (unpaired) electrons. The Balaban J connectivity index is 1.52. The van der Waals surface area contributed by atoms with E-state index in [1.54, 1.807) is 13.2 Å². The molecular formula is C20H27N5O3. The molecule has 1 saturated heterocycles. The zero-order chi connectivity index (χ0) is 19.9. The van der Waals surface area contributed by atoms with Crippen molar-refractivity contribution in [3.8, 4) is 11.5 Å². The van der Waals surface area contributed by atoms with Gasteiger partial charge in [0.05, 0.1) is 13.7 Å². The number of nitrogens with one attached hydrogen (secondary N) is 1. The van der Waals surface area contributed by atoms with E-state index in [9.17, 15) is 4.79 Å². The summed E-state index contributed by atoms with van der Waals surface area (Å²) in [6.45, 7) is 6.27. The summed E-state index contributed by atoms with van der Waals surface area (Å²) in [6, 6.07) is 9.03. The van der Waals surface area contributed by atoms with Gasteiger partial charge in [0, 0.05) is 31.9 Å². The van der Waals surface area contributed by atoms with E-state index in [0.717, 1.165) is 43.4 Å². The number of ether oxygens (including phenoxy) is 2. The van der Waals surface area contributed by atoms with E-state index < -0.39 is 0 Å². The lowest BCUT2D eigenvalue weighted by Gasteiger charge is -2.32. The first-order valence-electron chi connectivity index (χ1n) is 9.39. The van der Waals surface area contributed by atoms with E-state index in [1.165, 1.54) is 0 Å². The first-order chi connectivity index (χ1) is 13.5. The van der Waals surface area contributed by atoms with Gasteiger partial charge < -0.3 is 24.6 Å². The van der Waals surface area contributed by atoms with E-state index in [-0.39, 0.29) is 5.91 Å². The quantitative estimate of drug-likeness (QED) is 0.721. The fourth-order valence-corrected chi connectivity index (χ4v) is 2.91. The molecule has 1 amide bonds. The Hall–Kier alpha value is -2.87. The van der Waals surface area contributed by atoms with Gasteiger partial charge in [-0.1, -0.05) is 0 Å². The minimum absolute atomic E-state index is 0.223. The van der Waals surface area contributed by atoms with Gasteiger partial charge in [0.15, 0.2) is 0 Å². The smallest absolute Gasteiger partial charge is 0.270 e. The predicted molar refractivity (Wildman–Crippen MR) is 107 cm³/mol. The van der Waals surface area contributed by atoms with Gasteiger partial charge in [-0.3, -0.25) is 4.79 Å². The zero-order valence-electron chi connectivity index (χ0n) is 16.6. The van der Waals surface area contributed by atoms with Crippen LogP contribution in [0.15, 0.2) is 30.3 Å². The number of carbonyl (C=O) groups is 1. The molecule has 1 fully saturated rings. The maximum Gasteiger partial charge on any atom is 0.270 e. The van der Waals surface area contributed by atoms with Gasteiger partial charge >= 0.3 is 0 Å². The SMILES string of the molecule is COc1ccc(OCCNC(=O)c2cc(C)nc(N3CCN(C)CC3)n2)cc1. The number of aryl methyl sites for hydroxylation is 1. The van der Waals surface area contributed by atoms with Crippen LogP contribution in [0.5, 0.6) is 11.5 Å². The summed E-state index contributed by atoms with van der Waals surface area (Å²) in [4.78, 5) is 25.8. The fraction of sp³-hybridized carbons (Fsp3) is 0.450. The molecule has 1 N–H and O–H groups in total. The number of nitrogens with zero attached hydrogens (tertiary/aromatic N) is 4. The van der Waals surface area contributed by atoms with Crippen molar-refractivity contribution >= 4 is 11.9 Å². The highest BCUT2D eigenvalue weighted by Gasteiger charge is 2.19. The molecule has 8 nitrogen and oxygen atoms in total. The minimum Gasteiger partial charge on any atom is -0.497 e. The number of hydrogen-bond acceptors (Lipinski definition) is 7. The molecule has 1 aromatic heterocycles. The van der Waals surface area contributed by atoms with Crippen molar-refractivity contribution < 1.29 is 14.3 Å². The second-order valence-corrected chi connectivity index (χ2v) is 6.76. The van der Waals surface area contributed by atoms with Crippen molar-refractivity contribution in [3.05, 3.63) is 41.7 Å². The monoisotopic (exact) mass is 385 g/mol. The largest absolute Gasteiger partial charge is 0.497 e. The van der Waals surface area contributed by atoms with Crippen LogP contribution in [0.3, 0.4) is 0 Å². The number of hydrogen-bond donors (Lipinski definition) is 1. The molecule has 0 bridgehead atoms. The Labute approximate surface area is 165 Å². The molecule has 1 aromatic carbocycles. The first-order valence-corrected chi connectivity index (χ1v) is 9.39. The van der Waals surface area contributed by atoms with Crippen LogP contribution in [0.4, 0.5) is 5.95 Å². The van der Waals surface area contributed by atoms with E-state index >= 15 is 0 Å². The molecule has 1 aliphatic rings. The molecule has 0 spiro atoms. The summed E-state index contributed by atoms with van der Waals surface area (Å²) >= 11 is 0. The summed E-state index contributed by atoms with van der Waals surface area (Å²) in [7, 11) is 3.72. The van der Waals surface area contributed by atoms with Crippen molar-refractivity contribution in [3.63, 3.8) is 0 Å². The van der Waals surface area contributed by atoms with E-state index in [2.05, 4.69) is 32.1 Å². The predicted octanol–water partition coefficient (Wildman–Crippen LogP) is 1.35. The van der Waals surface area contributed by atoms with Crippen molar-refractivity contribution in [1.29, 1.82) is 0 Å². The maximum absolute atomic E-state index is 12.5. The zero-order valence-corrected chi connectivity index (χ0v) is 16.6. The van der Waals surface area contributed by atoms with Gasteiger partial charge in [0.2, 0.25) is 5.95 Å². The van der Waals surface area contributed by atoms with E-state index in [0.29, 0.717) is 24.8 Å². The second kappa shape index (κ2) is 9.36. The Kier molecular flexibility index (Phi) is 6.65. The Morgan fingerprint density at radius 1 is 1.11 bits per heavy atom. The number of benzene rings is 1. The molecule has 150 valence electrons. The molecule has 0 aliphatic carbocycles.